The van der Waals surface area contributed by atoms with E-state index in [-0.39, 0.29) is 24.8 Å². The number of nitrogens with one attached hydrogen (secondary N) is 1. The number of hydrogen-bond donors (Lipinski definition) is 2. The zero-order chi connectivity index (χ0) is 14.3. The van der Waals surface area contributed by atoms with Crippen molar-refractivity contribution in [3.8, 4) is 0 Å². The van der Waals surface area contributed by atoms with Crippen molar-refractivity contribution in [3.05, 3.63) is 11.1 Å². The highest BCUT2D eigenvalue weighted by Crippen LogP contribution is 2.11. The molecule has 1 rings (SSSR count). The molecular formula is C11H18N4O3S. The Labute approximate surface area is 115 Å². The summed E-state index contributed by atoms with van der Waals surface area (Å²) in [6, 6.07) is 0. The van der Waals surface area contributed by atoms with Gasteiger partial charge in [0, 0.05) is 26.1 Å². The second kappa shape index (κ2) is 7.70. The summed E-state index contributed by atoms with van der Waals surface area (Å²) in [7, 11) is 3.13. The van der Waals surface area contributed by atoms with Crippen molar-refractivity contribution in [2.75, 3.05) is 39.6 Å². The van der Waals surface area contributed by atoms with E-state index in [0.29, 0.717) is 24.0 Å². The first-order chi connectivity index (χ1) is 9.02. The van der Waals surface area contributed by atoms with Gasteiger partial charge in [-0.15, -0.1) is 11.3 Å². The Kier molecular flexibility index (Phi) is 6.23. The van der Waals surface area contributed by atoms with Gasteiger partial charge in [0.15, 0.2) is 5.13 Å². The van der Waals surface area contributed by atoms with E-state index in [1.165, 1.54) is 16.2 Å². The number of methoxy groups -OCH3 is 1. The molecule has 106 valence electrons. The third-order valence-corrected chi connectivity index (χ3v) is 3.06. The van der Waals surface area contributed by atoms with E-state index in [1.54, 1.807) is 19.5 Å². The summed E-state index contributed by atoms with van der Waals surface area (Å²) in [5.74, 6) is -0.391. The highest BCUT2D eigenvalue weighted by atomic mass is 32.1. The van der Waals surface area contributed by atoms with Crippen LogP contribution in [0.1, 0.15) is 5.69 Å². The van der Waals surface area contributed by atoms with Crippen LogP contribution in [0.15, 0.2) is 5.38 Å². The Morgan fingerprint density at radius 2 is 2.32 bits per heavy atom. The fraction of sp³-hybridized carbons (Fsp3) is 0.545. The third-order valence-electron chi connectivity index (χ3n) is 2.34. The predicted octanol–water partition coefficient (Wildman–Crippen LogP) is -0.511. The first-order valence-corrected chi connectivity index (χ1v) is 6.60. The molecule has 3 N–H and O–H groups in total. The third kappa shape index (κ3) is 5.66. The summed E-state index contributed by atoms with van der Waals surface area (Å²) in [6.45, 7) is 0.893. The van der Waals surface area contributed by atoms with Gasteiger partial charge in [-0.1, -0.05) is 0 Å². The number of carbonyl (C=O) groups excluding carboxylic acids is 2. The SMILES string of the molecule is COCCNC(=O)CN(C)C(=O)Cc1csc(N)n1. The van der Waals surface area contributed by atoms with Crippen LogP contribution >= 0.6 is 11.3 Å². The van der Waals surface area contributed by atoms with Crippen LogP contribution in [0, 0.1) is 0 Å². The average Bonchev–Trinajstić information content (AvgIpc) is 2.75. The predicted molar refractivity (Wildman–Crippen MR) is 72.8 cm³/mol. The van der Waals surface area contributed by atoms with E-state index in [4.69, 9.17) is 10.5 Å². The number of likely N-dealkylation sites (N-methyl/N-ethyl adjacent to an activating group) is 1. The van der Waals surface area contributed by atoms with E-state index < -0.39 is 0 Å². The van der Waals surface area contributed by atoms with Crippen LogP contribution < -0.4 is 11.1 Å². The Balaban J connectivity index is 2.34. The molecule has 0 aliphatic carbocycles. The molecule has 0 saturated heterocycles. The molecule has 0 aromatic carbocycles. The highest BCUT2D eigenvalue weighted by Gasteiger charge is 2.14. The van der Waals surface area contributed by atoms with Crippen LogP contribution in [0.5, 0.6) is 0 Å². The minimum Gasteiger partial charge on any atom is -0.383 e. The van der Waals surface area contributed by atoms with E-state index in [2.05, 4.69) is 10.3 Å². The van der Waals surface area contributed by atoms with Crippen LogP contribution in [0.25, 0.3) is 0 Å². The minimum absolute atomic E-state index is 0.0160. The van der Waals surface area contributed by atoms with Crippen molar-refractivity contribution in [2.24, 2.45) is 0 Å². The molecule has 1 heterocycles. The Hall–Kier alpha value is -1.67. The number of nitrogen functional groups attached to an aromatic ring is 1. The van der Waals surface area contributed by atoms with Crippen molar-refractivity contribution in [1.82, 2.24) is 15.2 Å². The lowest BCUT2D eigenvalue weighted by Gasteiger charge is -2.16. The van der Waals surface area contributed by atoms with Gasteiger partial charge < -0.3 is 20.7 Å². The molecule has 19 heavy (non-hydrogen) atoms. The number of nitrogens with two attached hydrogens (primary N) is 1. The number of ether oxygens (including phenoxy) is 1. The molecule has 0 atom stereocenters. The topological polar surface area (TPSA) is 97.5 Å². The maximum Gasteiger partial charge on any atom is 0.239 e. The van der Waals surface area contributed by atoms with E-state index in [1.807, 2.05) is 0 Å². The van der Waals surface area contributed by atoms with Crippen molar-refractivity contribution >= 4 is 28.3 Å². The monoisotopic (exact) mass is 286 g/mol. The number of nitrogens with zero attached hydrogens (tertiary/aromatic N) is 2. The normalized spacial score (nSPS) is 10.2. The number of thiazole rings is 1. The Bertz CT molecular complexity index is 435. The maximum atomic E-state index is 11.8. The number of anilines is 1. The molecule has 1 aromatic heterocycles. The quantitative estimate of drug-likeness (QED) is 0.658. The van der Waals surface area contributed by atoms with Gasteiger partial charge in [0.1, 0.15) is 0 Å². The molecule has 0 aliphatic heterocycles. The lowest BCUT2D eigenvalue weighted by molar-refractivity contribution is -0.134. The van der Waals surface area contributed by atoms with Crippen LogP contribution in [0.3, 0.4) is 0 Å². The summed E-state index contributed by atoms with van der Waals surface area (Å²) >= 11 is 1.29. The van der Waals surface area contributed by atoms with Crippen molar-refractivity contribution in [3.63, 3.8) is 0 Å². The molecule has 8 heteroatoms. The summed E-state index contributed by atoms with van der Waals surface area (Å²) in [5, 5.41) is 4.81. The van der Waals surface area contributed by atoms with E-state index >= 15 is 0 Å². The van der Waals surface area contributed by atoms with Crippen LogP contribution in [-0.2, 0) is 20.7 Å². The first kappa shape index (κ1) is 15.4. The molecule has 7 nitrogen and oxygen atoms in total. The van der Waals surface area contributed by atoms with Crippen LogP contribution in [0.2, 0.25) is 0 Å². The molecule has 2 amide bonds. The van der Waals surface area contributed by atoms with Gasteiger partial charge in [-0.3, -0.25) is 9.59 Å². The second-order valence-electron chi connectivity index (χ2n) is 3.95. The molecular weight excluding hydrogens is 268 g/mol. The van der Waals surface area contributed by atoms with Gasteiger partial charge in [-0.25, -0.2) is 4.98 Å². The maximum absolute atomic E-state index is 11.8. The minimum atomic E-state index is -0.217. The molecule has 0 radical (unpaired) electrons. The summed E-state index contributed by atoms with van der Waals surface area (Å²) in [4.78, 5) is 28.7. The Morgan fingerprint density at radius 3 is 2.89 bits per heavy atom. The average molecular weight is 286 g/mol. The van der Waals surface area contributed by atoms with Crippen LogP contribution in [0.4, 0.5) is 5.13 Å². The summed E-state index contributed by atoms with van der Waals surface area (Å²) in [5.41, 5.74) is 6.11. The van der Waals surface area contributed by atoms with E-state index in [0.717, 1.165) is 0 Å². The largest absolute Gasteiger partial charge is 0.383 e. The van der Waals surface area contributed by atoms with Gasteiger partial charge in [0.25, 0.3) is 0 Å². The molecule has 0 fully saturated rings. The smallest absolute Gasteiger partial charge is 0.239 e. The lowest BCUT2D eigenvalue weighted by Crippen LogP contribution is -2.40. The zero-order valence-corrected chi connectivity index (χ0v) is 11.8. The van der Waals surface area contributed by atoms with Gasteiger partial charge in [-0.2, -0.15) is 0 Å². The van der Waals surface area contributed by atoms with Gasteiger partial charge in [0.2, 0.25) is 11.8 Å². The number of amides is 2. The fourth-order valence-electron chi connectivity index (χ4n) is 1.35. The molecule has 0 aliphatic rings. The molecule has 0 spiro atoms. The Morgan fingerprint density at radius 1 is 1.58 bits per heavy atom. The van der Waals surface area contributed by atoms with Crippen molar-refractivity contribution in [2.45, 2.75) is 6.42 Å². The van der Waals surface area contributed by atoms with E-state index in [9.17, 15) is 9.59 Å². The molecule has 0 saturated carbocycles. The highest BCUT2D eigenvalue weighted by molar-refractivity contribution is 7.13. The summed E-state index contributed by atoms with van der Waals surface area (Å²) in [6.07, 6.45) is 0.148. The van der Waals surface area contributed by atoms with Gasteiger partial charge >= 0.3 is 0 Å². The second-order valence-corrected chi connectivity index (χ2v) is 4.84. The number of aromatic nitrogens is 1. The lowest BCUT2D eigenvalue weighted by atomic mass is 10.3. The first-order valence-electron chi connectivity index (χ1n) is 5.72. The molecule has 1 aromatic rings. The zero-order valence-electron chi connectivity index (χ0n) is 11.0. The number of carbonyl (C=O) groups is 2. The molecule has 0 unspecified atom stereocenters. The summed E-state index contributed by atoms with van der Waals surface area (Å²) < 4.78 is 4.81. The molecule has 0 bridgehead atoms. The standard InChI is InChI=1S/C11H18N4O3S/c1-15(6-9(16)13-3-4-18-2)10(17)5-8-7-19-11(12)14-8/h7H,3-6H2,1-2H3,(H2,12,14)(H,13,16). The number of hydrogen-bond acceptors (Lipinski definition) is 6. The van der Waals surface area contributed by atoms with Crippen LogP contribution in [-0.4, -0.2) is 55.6 Å². The number of rotatable bonds is 7. The van der Waals surface area contributed by atoms with Gasteiger partial charge in [0.05, 0.1) is 25.3 Å². The van der Waals surface area contributed by atoms with Crippen molar-refractivity contribution in [1.29, 1.82) is 0 Å². The fourth-order valence-corrected chi connectivity index (χ4v) is 1.91. The van der Waals surface area contributed by atoms with Crippen molar-refractivity contribution < 1.29 is 14.3 Å². The van der Waals surface area contributed by atoms with Gasteiger partial charge in [-0.05, 0) is 0 Å².